The van der Waals surface area contributed by atoms with E-state index in [1.807, 2.05) is 0 Å². The van der Waals surface area contributed by atoms with Gasteiger partial charge in [0.1, 0.15) is 5.88 Å². The van der Waals surface area contributed by atoms with E-state index in [1.54, 1.807) is 0 Å². The number of hydrogen-bond donors (Lipinski definition) is 1. The molecule has 0 heterocycles. The van der Waals surface area contributed by atoms with Gasteiger partial charge in [0, 0.05) is 19.7 Å². The Morgan fingerprint density at radius 3 is 2.16 bits per heavy atom. The van der Waals surface area contributed by atoms with Crippen LogP contribution in [-0.2, 0) is 14.8 Å². The van der Waals surface area contributed by atoms with E-state index >= 15 is 0 Å². The molecule has 1 aromatic carbocycles. The zero-order chi connectivity index (χ0) is 14.6. The molecule has 0 aromatic heterocycles. The minimum absolute atomic E-state index is 0.0673. The minimum atomic E-state index is -3.53. The number of alkyl halides is 1. The van der Waals surface area contributed by atoms with Gasteiger partial charge in [-0.25, -0.2) is 12.7 Å². The van der Waals surface area contributed by atoms with Crippen LogP contribution in [-0.4, -0.2) is 44.5 Å². The molecule has 0 unspecified atom stereocenters. The van der Waals surface area contributed by atoms with Gasteiger partial charge in [-0.15, -0.1) is 11.6 Å². The summed E-state index contributed by atoms with van der Waals surface area (Å²) in [4.78, 5) is 22.6. The first-order chi connectivity index (χ1) is 8.78. The van der Waals surface area contributed by atoms with Crippen molar-refractivity contribution in [2.45, 2.75) is 4.90 Å². The van der Waals surface area contributed by atoms with Gasteiger partial charge in [-0.2, -0.15) is 0 Å². The molecular formula is C11H13ClN2O4S. The second kappa shape index (κ2) is 6.14. The first-order valence-electron chi connectivity index (χ1n) is 5.21. The highest BCUT2D eigenvalue weighted by atomic mass is 35.5. The number of nitrogens with one attached hydrogen (secondary N) is 1. The predicted octanol–water partition coefficient (Wildman–Crippen LogP) is 0.432. The molecule has 19 heavy (non-hydrogen) atoms. The van der Waals surface area contributed by atoms with Crippen molar-refractivity contribution in [1.82, 2.24) is 9.62 Å². The second-order valence-corrected chi connectivity index (χ2v) is 6.24. The number of carbonyl (C=O) groups is 2. The molecule has 0 spiro atoms. The maximum Gasteiger partial charge on any atom is 0.257 e. The maximum atomic E-state index is 11.8. The quantitative estimate of drug-likeness (QED) is 0.818. The molecule has 0 saturated carbocycles. The molecular weight excluding hydrogens is 292 g/mol. The van der Waals surface area contributed by atoms with E-state index in [9.17, 15) is 18.0 Å². The SMILES string of the molecule is CN(C)S(=O)(=O)c1ccc(C(=O)NC(=O)CCl)cc1. The van der Waals surface area contributed by atoms with E-state index in [1.165, 1.54) is 38.4 Å². The highest BCUT2D eigenvalue weighted by molar-refractivity contribution is 7.89. The molecule has 2 amide bonds. The third-order valence-corrected chi connectivity index (χ3v) is 4.34. The van der Waals surface area contributed by atoms with Crippen LogP contribution in [0.3, 0.4) is 0 Å². The largest absolute Gasteiger partial charge is 0.291 e. The summed E-state index contributed by atoms with van der Waals surface area (Å²) >= 11 is 5.25. The van der Waals surface area contributed by atoms with Gasteiger partial charge in [0.25, 0.3) is 5.91 Å². The van der Waals surface area contributed by atoms with Crippen LogP contribution in [0.15, 0.2) is 29.2 Å². The van der Waals surface area contributed by atoms with Crippen LogP contribution in [0.2, 0.25) is 0 Å². The Labute approximate surface area is 116 Å². The van der Waals surface area contributed by atoms with Crippen molar-refractivity contribution < 1.29 is 18.0 Å². The molecule has 0 radical (unpaired) electrons. The number of hydrogen-bond acceptors (Lipinski definition) is 4. The van der Waals surface area contributed by atoms with Crippen LogP contribution in [0.1, 0.15) is 10.4 Å². The highest BCUT2D eigenvalue weighted by Gasteiger charge is 2.17. The molecule has 8 heteroatoms. The third kappa shape index (κ3) is 3.76. The van der Waals surface area contributed by atoms with Crippen molar-refractivity contribution in [2.75, 3.05) is 20.0 Å². The van der Waals surface area contributed by atoms with Crippen molar-refractivity contribution in [3.05, 3.63) is 29.8 Å². The molecule has 0 saturated heterocycles. The van der Waals surface area contributed by atoms with Crippen LogP contribution >= 0.6 is 11.6 Å². The van der Waals surface area contributed by atoms with E-state index in [-0.39, 0.29) is 16.3 Å². The summed E-state index contributed by atoms with van der Waals surface area (Å²) in [5, 5.41) is 2.06. The smallest absolute Gasteiger partial charge is 0.257 e. The monoisotopic (exact) mass is 304 g/mol. The molecule has 1 N–H and O–H groups in total. The van der Waals surface area contributed by atoms with Crippen LogP contribution < -0.4 is 5.32 Å². The van der Waals surface area contributed by atoms with Crippen molar-refractivity contribution in [3.8, 4) is 0 Å². The van der Waals surface area contributed by atoms with Crippen LogP contribution in [0.4, 0.5) is 0 Å². The summed E-state index contributed by atoms with van der Waals surface area (Å²) in [6.45, 7) is 0. The van der Waals surface area contributed by atoms with Gasteiger partial charge in [0.2, 0.25) is 15.9 Å². The Hall–Kier alpha value is -1.44. The van der Waals surface area contributed by atoms with Gasteiger partial charge in [-0.1, -0.05) is 0 Å². The molecule has 0 aliphatic heterocycles. The van der Waals surface area contributed by atoms with E-state index < -0.39 is 21.8 Å². The molecule has 1 aromatic rings. The zero-order valence-corrected chi connectivity index (χ0v) is 12.0. The molecule has 0 fully saturated rings. The Balaban J connectivity index is 2.95. The molecule has 0 aliphatic rings. The van der Waals surface area contributed by atoms with Crippen LogP contribution in [0.25, 0.3) is 0 Å². The van der Waals surface area contributed by atoms with Crippen LogP contribution in [0, 0.1) is 0 Å². The standard InChI is InChI=1S/C11H13ClN2O4S/c1-14(2)19(17,18)9-5-3-8(4-6-9)11(16)13-10(15)7-12/h3-6H,7H2,1-2H3,(H,13,15,16). The van der Waals surface area contributed by atoms with Gasteiger partial charge in [0.15, 0.2) is 0 Å². The minimum Gasteiger partial charge on any atom is -0.291 e. The van der Waals surface area contributed by atoms with Crippen molar-refractivity contribution >= 4 is 33.4 Å². The van der Waals surface area contributed by atoms with Crippen LogP contribution in [0.5, 0.6) is 0 Å². The topological polar surface area (TPSA) is 83.6 Å². The fourth-order valence-electron chi connectivity index (χ4n) is 1.22. The summed E-state index contributed by atoms with van der Waals surface area (Å²) in [5.41, 5.74) is 0.177. The number of halogens is 1. The van der Waals surface area contributed by atoms with Gasteiger partial charge in [0.05, 0.1) is 4.90 Å². The van der Waals surface area contributed by atoms with Crippen molar-refractivity contribution in [3.63, 3.8) is 0 Å². The summed E-state index contributed by atoms with van der Waals surface area (Å²) in [6.07, 6.45) is 0. The second-order valence-electron chi connectivity index (χ2n) is 3.82. The van der Waals surface area contributed by atoms with Crippen molar-refractivity contribution in [2.24, 2.45) is 0 Å². The first kappa shape index (κ1) is 15.6. The van der Waals surface area contributed by atoms with E-state index in [0.29, 0.717) is 0 Å². The lowest BCUT2D eigenvalue weighted by Crippen LogP contribution is -2.31. The summed E-state index contributed by atoms with van der Waals surface area (Å²) in [7, 11) is -0.710. The number of imide groups is 1. The first-order valence-corrected chi connectivity index (χ1v) is 7.19. The van der Waals surface area contributed by atoms with Gasteiger partial charge in [-0.05, 0) is 24.3 Å². The molecule has 6 nitrogen and oxygen atoms in total. The molecule has 1 rings (SSSR count). The van der Waals surface area contributed by atoms with E-state index in [2.05, 4.69) is 5.32 Å². The van der Waals surface area contributed by atoms with Crippen molar-refractivity contribution in [1.29, 1.82) is 0 Å². The molecule has 104 valence electrons. The number of amides is 2. The lowest BCUT2D eigenvalue weighted by Gasteiger charge is -2.11. The number of nitrogens with zero attached hydrogens (tertiary/aromatic N) is 1. The molecule has 0 aliphatic carbocycles. The highest BCUT2D eigenvalue weighted by Crippen LogP contribution is 2.13. The summed E-state index contributed by atoms with van der Waals surface area (Å²) in [5.74, 6) is -1.56. The average Bonchev–Trinajstić information content (AvgIpc) is 2.38. The summed E-state index contributed by atoms with van der Waals surface area (Å²) < 4.78 is 24.7. The zero-order valence-electron chi connectivity index (χ0n) is 10.4. The predicted molar refractivity (Wildman–Crippen MR) is 70.5 cm³/mol. The van der Waals surface area contributed by atoms with Gasteiger partial charge >= 0.3 is 0 Å². The fraction of sp³-hybridized carbons (Fsp3) is 0.273. The third-order valence-electron chi connectivity index (χ3n) is 2.27. The molecule has 0 bridgehead atoms. The Bertz CT molecular complexity index is 581. The number of benzene rings is 1. The fourth-order valence-corrected chi connectivity index (χ4v) is 2.19. The molecule has 0 atom stereocenters. The van der Waals surface area contributed by atoms with E-state index in [4.69, 9.17) is 11.6 Å². The van der Waals surface area contributed by atoms with Gasteiger partial charge in [-0.3, -0.25) is 14.9 Å². The summed E-state index contributed by atoms with van der Waals surface area (Å²) in [6, 6.07) is 5.26. The lowest BCUT2D eigenvalue weighted by atomic mass is 10.2. The Morgan fingerprint density at radius 2 is 1.74 bits per heavy atom. The average molecular weight is 305 g/mol. The Kier molecular flexibility index (Phi) is 5.04. The normalized spacial score (nSPS) is 11.4. The number of carbonyl (C=O) groups excluding carboxylic acids is 2. The lowest BCUT2D eigenvalue weighted by molar-refractivity contribution is -0.117. The Morgan fingerprint density at radius 1 is 1.21 bits per heavy atom. The van der Waals surface area contributed by atoms with Gasteiger partial charge < -0.3 is 0 Å². The maximum absolute atomic E-state index is 11.8. The van der Waals surface area contributed by atoms with E-state index in [0.717, 1.165) is 4.31 Å². The number of rotatable bonds is 4. The number of sulfonamides is 1.